The van der Waals surface area contributed by atoms with E-state index < -0.39 is 17.6 Å². The van der Waals surface area contributed by atoms with Crippen LogP contribution >= 0.6 is 0 Å². The summed E-state index contributed by atoms with van der Waals surface area (Å²) in [5.74, 6) is 1.68. The van der Waals surface area contributed by atoms with Crippen molar-refractivity contribution in [3.05, 3.63) is 107 Å². The van der Waals surface area contributed by atoms with Crippen LogP contribution in [0.4, 0.5) is 5.69 Å². The number of nitrogens with one attached hydrogen (secondary N) is 2. The quantitative estimate of drug-likeness (QED) is 0.0515. The molecule has 1 aliphatic heterocycles. The summed E-state index contributed by atoms with van der Waals surface area (Å²) in [6.45, 7) is 4.73. The van der Waals surface area contributed by atoms with Crippen LogP contribution in [0.3, 0.4) is 0 Å². The highest BCUT2D eigenvalue weighted by Gasteiger charge is 2.53. The van der Waals surface area contributed by atoms with Crippen molar-refractivity contribution in [2.75, 3.05) is 34.0 Å². The fourth-order valence-corrected chi connectivity index (χ4v) is 4.85. The second-order valence-corrected chi connectivity index (χ2v) is 9.85. The number of aliphatic hydroxyl groups is 1. The van der Waals surface area contributed by atoms with E-state index >= 15 is 0 Å². The monoisotopic (exact) mass is 600 g/mol. The van der Waals surface area contributed by atoms with Crippen LogP contribution in [-0.2, 0) is 16.0 Å². The third-order valence-corrected chi connectivity index (χ3v) is 7.05. The molecule has 0 aliphatic carbocycles. The number of rotatable bonds is 16. The molecule has 3 N–H and O–H groups in total. The van der Waals surface area contributed by atoms with Crippen molar-refractivity contribution in [3.63, 3.8) is 0 Å². The van der Waals surface area contributed by atoms with Gasteiger partial charge in [0, 0.05) is 47.7 Å². The maximum atomic E-state index is 14.0. The topological polar surface area (TPSA) is 159 Å². The van der Waals surface area contributed by atoms with Crippen molar-refractivity contribution in [2.45, 2.75) is 30.9 Å². The number of aliphatic hydroxyl groups excluding tert-OH is 1. The van der Waals surface area contributed by atoms with Gasteiger partial charge in [-0.05, 0) is 53.9 Å². The van der Waals surface area contributed by atoms with E-state index in [1.807, 2.05) is 18.2 Å². The Morgan fingerprint density at radius 2 is 1.93 bits per heavy atom. The molecule has 0 saturated carbocycles. The number of azide groups is 1. The molecule has 0 radical (unpaired) electrons. The maximum Gasteiger partial charge on any atom is 0.266 e. The molecule has 0 spiro atoms. The average molecular weight is 601 g/mol. The Balaban J connectivity index is 1.60. The number of amides is 1. The number of hydrogen-bond donors (Lipinski definition) is 3. The number of carbonyl (C=O) groups is 1. The van der Waals surface area contributed by atoms with Gasteiger partial charge < -0.3 is 24.1 Å². The van der Waals surface area contributed by atoms with Crippen molar-refractivity contribution >= 4 is 17.5 Å². The lowest BCUT2D eigenvalue weighted by atomic mass is 9.84. The minimum Gasteiger partial charge on any atom is -0.494 e. The lowest BCUT2D eigenvalue weighted by molar-refractivity contribution is -0.129. The van der Waals surface area contributed by atoms with Gasteiger partial charge in [-0.3, -0.25) is 10.2 Å². The van der Waals surface area contributed by atoms with Gasteiger partial charge in [0.2, 0.25) is 5.90 Å². The van der Waals surface area contributed by atoms with E-state index in [9.17, 15) is 10.3 Å². The third kappa shape index (κ3) is 7.30. The minimum atomic E-state index is -1.47. The van der Waals surface area contributed by atoms with Crippen molar-refractivity contribution in [1.82, 2.24) is 10.9 Å². The van der Waals surface area contributed by atoms with Crippen molar-refractivity contribution in [1.29, 1.82) is 0 Å². The van der Waals surface area contributed by atoms with Gasteiger partial charge in [-0.2, -0.15) is 0 Å². The summed E-state index contributed by atoms with van der Waals surface area (Å²) in [7, 11) is 3.16. The van der Waals surface area contributed by atoms with E-state index in [0.717, 1.165) is 5.56 Å². The van der Waals surface area contributed by atoms with Crippen molar-refractivity contribution in [2.24, 2.45) is 10.1 Å². The minimum absolute atomic E-state index is 0.0416. The van der Waals surface area contributed by atoms with Gasteiger partial charge in [-0.1, -0.05) is 41.5 Å². The summed E-state index contributed by atoms with van der Waals surface area (Å²) < 4.78 is 22.7. The Morgan fingerprint density at radius 1 is 1.16 bits per heavy atom. The Labute approximate surface area is 255 Å². The fraction of sp³-hybridized carbons (Fsp3) is 0.312. The van der Waals surface area contributed by atoms with E-state index in [2.05, 4.69) is 27.5 Å². The van der Waals surface area contributed by atoms with Crippen LogP contribution in [0.5, 0.6) is 17.2 Å². The van der Waals surface area contributed by atoms with E-state index in [1.165, 1.54) is 0 Å². The van der Waals surface area contributed by atoms with Crippen LogP contribution in [-0.4, -0.2) is 56.4 Å². The number of aliphatic imine (C=N–C) groups is 1. The molecule has 1 heterocycles. The lowest BCUT2D eigenvalue weighted by Crippen LogP contribution is -2.52. The number of hydrogen-bond acceptors (Lipinski definition) is 9. The third-order valence-electron chi connectivity index (χ3n) is 7.05. The average Bonchev–Trinajstić information content (AvgIpc) is 3.44. The molecule has 44 heavy (non-hydrogen) atoms. The van der Waals surface area contributed by atoms with E-state index in [0.29, 0.717) is 60.1 Å². The molecular formula is C32H36N6O6. The Morgan fingerprint density at radius 3 is 2.64 bits per heavy atom. The normalized spacial score (nSPS) is 17.1. The maximum absolute atomic E-state index is 14.0. The molecule has 1 aliphatic rings. The summed E-state index contributed by atoms with van der Waals surface area (Å²) in [6, 6.07) is 19.7. The molecule has 4 rings (SSSR count). The second-order valence-electron chi connectivity index (χ2n) is 9.85. The van der Waals surface area contributed by atoms with E-state index in [4.69, 9.17) is 29.0 Å². The number of nitrogens with zero attached hydrogens (tertiary/aromatic N) is 4. The first-order valence-corrected chi connectivity index (χ1v) is 14.1. The van der Waals surface area contributed by atoms with Gasteiger partial charge in [-0.25, -0.2) is 10.4 Å². The largest absolute Gasteiger partial charge is 0.494 e. The zero-order chi connectivity index (χ0) is 31.4. The van der Waals surface area contributed by atoms with Crippen LogP contribution < -0.4 is 25.1 Å². The first kappa shape index (κ1) is 31.9. The number of methoxy groups -OCH3 is 2. The van der Waals surface area contributed by atoms with Crippen LogP contribution in [0.1, 0.15) is 35.6 Å². The summed E-state index contributed by atoms with van der Waals surface area (Å²) in [5, 5.41) is 12.8. The molecule has 3 aromatic carbocycles. The molecule has 230 valence electrons. The van der Waals surface area contributed by atoms with Crippen LogP contribution in [0.25, 0.3) is 10.4 Å². The molecule has 0 unspecified atom stereocenters. The first-order chi connectivity index (χ1) is 21.5. The van der Waals surface area contributed by atoms with Gasteiger partial charge in [0.15, 0.2) is 23.1 Å². The van der Waals surface area contributed by atoms with E-state index in [1.54, 1.807) is 68.8 Å². The standard InChI is InChI=1S/C32H36N6O6/c1-4-17-32(31(40)37-34-18-16-22-10-15-27(41-2)28(21-22)42-3)29(25-8-5-6-9-26(25)36-38-33)44-30(35-32)23-11-13-24(14-12-23)43-20-7-19-39/h4-6,8-15,21,29,34,39H,1,7,16-20H2,2-3H3,(H,37,40)/t29-,32-/m0/s1. The van der Waals surface area contributed by atoms with Gasteiger partial charge in [0.1, 0.15) is 5.75 Å². The summed E-state index contributed by atoms with van der Waals surface area (Å²) >= 11 is 0. The Bertz CT molecular complexity index is 1520. The fourth-order valence-electron chi connectivity index (χ4n) is 4.85. The molecule has 1 amide bonds. The Hall–Kier alpha value is -5.03. The lowest BCUT2D eigenvalue weighted by Gasteiger charge is -2.30. The van der Waals surface area contributed by atoms with E-state index in [-0.39, 0.29) is 18.9 Å². The number of benzene rings is 3. The molecule has 12 nitrogen and oxygen atoms in total. The van der Waals surface area contributed by atoms with Gasteiger partial charge >= 0.3 is 0 Å². The molecule has 2 atom stereocenters. The van der Waals surface area contributed by atoms with Crippen LogP contribution in [0, 0.1) is 0 Å². The molecular weight excluding hydrogens is 564 g/mol. The first-order valence-electron chi connectivity index (χ1n) is 14.1. The number of hydrazine groups is 1. The van der Waals surface area contributed by atoms with Gasteiger partial charge in [-0.15, -0.1) is 6.58 Å². The molecule has 0 aromatic heterocycles. The highest BCUT2D eigenvalue weighted by molar-refractivity contribution is 6.01. The summed E-state index contributed by atoms with van der Waals surface area (Å²) in [6.07, 6.45) is 1.93. The van der Waals surface area contributed by atoms with Crippen molar-refractivity contribution in [3.8, 4) is 17.2 Å². The van der Waals surface area contributed by atoms with Gasteiger partial charge in [0.05, 0.1) is 20.8 Å². The highest BCUT2D eigenvalue weighted by atomic mass is 16.5. The zero-order valence-electron chi connectivity index (χ0n) is 24.7. The highest BCUT2D eigenvalue weighted by Crippen LogP contribution is 2.45. The molecule has 0 saturated heterocycles. The second kappa shape index (κ2) is 15.4. The van der Waals surface area contributed by atoms with Crippen molar-refractivity contribution < 1.29 is 28.8 Å². The summed E-state index contributed by atoms with van der Waals surface area (Å²) in [4.78, 5) is 21.8. The molecule has 0 bridgehead atoms. The predicted molar refractivity (Wildman–Crippen MR) is 166 cm³/mol. The molecule has 12 heteroatoms. The summed E-state index contributed by atoms with van der Waals surface area (Å²) in [5.41, 5.74) is 16.0. The van der Waals surface area contributed by atoms with Crippen LogP contribution in [0.15, 0.2) is 89.5 Å². The zero-order valence-corrected chi connectivity index (χ0v) is 24.7. The Kier molecular flexibility index (Phi) is 11.2. The number of ether oxygens (including phenoxy) is 4. The molecule has 0 fully saturated rings. The predicted octanol–water partition coefficient (Wildman–Crippen LogP) is 5.10. The number of carbonyl (C=O) groups excluding carboxylic acids is 1. The SMILES string of the molecule is C=CC[C@]1(C(=O)NNCCc2ccc(OC)c(OC)c2)N=C(c2ccc(OCCCO)cc2)O[C@H]1c1ccccc1N=[N+]=[N-]. The molecule has 3 aromatic rings. The van der Waals surface area contributed by atoms with Gasteiger partial charge in [0.25, 0.3) is 5.91 Å². The smallest absolute Gasteiger partial charge is 0.266 e. The van der Waals surface area contributed by atoms with Crippen LogP contribution in [0.2, 0.25) is 0 Å².